The molecule has 2 heterocycles. The molecule has 0 N–H and O–H groups in total. The van der Waals surface area contributed by atoms with Crippen molar-refractivity contribution in [3.8, 4) is 5.75 Å². The zero-order valence-corrected chi connectivity index (χ0v) is 14.5. The number of pyridine rings is 1. The van der Waals surface area contributed by atoms with Crippen molar-refractivity contribution in [2.45, 2.75) is 26.2 Å². The highest BCUT2D eigenvalue weighted by Crippen LogP contribution is 2.31. The average molecular weight is 332 g/mol. The fourth-order valence-corrected chi connectivity index (χ4v) is 3.46. The molecule has 3 aromatic rings. The molecule has 0 fully saturated rings. The molecule has 0 atom stereocenters. The first-order valence-electron chi connectivity index (χ1n) is 8.53. The van der Waals surface area contributed by atoms with Crippen LogP contribution in [0.3, 0.4) is 0 Å². The van der Waals surface area contributed by atoms with E-state index in [4.69, 9.17) is 9.72 Å². The molecule has 0 aliphatic heterocycles. The molecule has 1 aromatic carbocycles. The molecule has 0 amide bonds. The van der Waals surface area contributed by atoms with Gasteiger partial charge in [0.25, 0.3) is 5.56 Å². The van der Waals surface area contributed by atoms with Crippen molar-refractivity contribution in [3.63, 3.8) is 0 Å². The molecule has 2 aromatic heterocycles. The highest BCUT2D eigenvalue weighted by Gasteiger charge is 2.21. The van der Waals surface area contributed by atoms with E-state index >= 15 is 0 Å². The van der Waals surface area contributed by atoms with E-state index in [1.165, 1.54) is 0 Å². The molecule has 1 aliphatic carbocycles. The van der Waals surface area contributed by atoms with Gasteiger partial charge in [-0.25, -0.2) is 4.98 Å². The third-order valence-corrected chi connectivity index (χ3v) is 4.71. The first kappa shape index (κ1) is 15.6. The maximum atomic E-state index is 12.9. The van der Waals surface area contributed by atoms with Gasteiger partial charge in [-0.2, -0.15) is 0 Å². The molecule has 0 unspecified atom stereocenters. The van der Waals surface area contributed by atoms with Gasteiger partial charge in [0.1, 0.15) is 11.4 Å². The summed E-state index contributed by atoms with van der Waals surface area (Å²) >= 11 is 0. The molecule has 4 nitrogen and oxygen atoms in total. The molecule has 1 aliphatic rings. The molecule has 0 bridgehead atoms. The van der Waals surface area contributed by atoms with Crippen LogP contribution in [0.1, 0.15) is 35.2 Å². The van der Waals surface area contributed by atoms with Crippen molar-refractivity contribution in [2.24, 2.45) is 0 Å². The van der Waals surface area contributed by atoms with E-state index in [0.717, 1.165) is 53.0 Å². The number of aryl methyl sites for hydroxylation is 1. The fraction of sp³-hybridized carbons (Fsp3) is 0.238. The van der Waals surface area contributed by atoms with E-state index in [1.54, 1.807) is 11.5 Å². The van der Waals surface area contributed by atoms with Gasteiger partial charge in [0.15, 0.2) is 0 Å². The van der Waals surface area contributed by atoms with E-state index in [-0.39, 0.29) is 5.56 Å². The number of aromatic nitrogens is 2. The highest BCUT2D eigenvalue weighted by atomic mass is 16.5. The van der Waals surface area contributed by atoms with Crippen LogP contribution >= 0.6 is 0 Å². The van der Waals surface area contributed by atoms with Gasteiger partial charge < -0.3 is 4.74 Å². The summed E-state index contributed by atoms with van der Waals surface area (Å²) in [7, 11) is 1.67. The number of fused-ring (bicyclic) bond motifs is 2. The molecule has 126 valence electrons. The zero-order valence-electron chi connectivity index (χ0n) is 14.5. The second-order valence-corrected chi connectivity index (χ2v) is 6.44. The summed E-state index contributed by atoms with van der Waals surface area (Å²) in [6.07, 6.45) is 6.63. The van der Waals surface area contributed by atoms with Crippen LogP contribution in [0.25, 0.3) is 17.3 Å². The number of hydrogen-bond donors (Lipinski definition) is 0. The Morgan fingerprint density at radius 3 is 2.84 bits per heavy atom. The third-order valence-electron chi connectivity index (χ3n) is 4.71. The number of rotatable bonds is 2. The summed E-state index contributed by atoms with van der Waals surface area (Å²) in [5.74, 6) is 0.829. The number of nitrogens with zero attached hydrogens (tertiary/aromatic N) is 2. The van der Waals surface area contributed by atoms with Crippen LogP contribution in [0.5, 0.6) is 5.75 Å². The van der Waals surface area contributed by atoms with Gasteiger partial charge >= 0.3 is 0 Å². The summed E-state index contributed by atoms with van der Waals surface area (Å²) in [6.45, 7) is 1.98. The second-order valence-electron chi connectivity index (χ2n) is 6.44. The molecule has 25 heavy (non-hydrogen) atoms. The molecular formula is C21H20N2O2. The minimum Gasteiger partial charge on any atom is -0.496 e. The van der Waals surface area contributed by atoms with E-state index in [9.17, 15) is 4.79 Å². The first-order valence-corrected chi connectivity index (χ1v) is 8.53. The number of hydrogen-bond acceptors (Lipinski definition) is 3. The van der Waals surface area contributed by atoms with Crippen molar-refractivity contribution in [1.82, 2.24) is 9.38 Å². The lowest BCUT2D eigenvalue weighted by molar-refractivity contribution is 0.414. The van der Waals surface area contributed by atoms with E-state index in [2.05, 4.69) is 6.08 Å². The Morgan fingerprint density at radius 2 is 2.00 bits per heavy atom. The van der Waals surface area contributed by atoms with Gasteiger partial charge in [-0.3, -0.25) is 9.20 Å². The molecule has 0 spiro atoms. The largest absolute Gasteiger partial charge is 0.496 e. The predicted octanol–water partition coefficient (Wildman–Crippen LogP) is 3.89. The van der Waals surface area contributed by atoms with Gasteiger partial charge in [0.2, 0.25) is 0 Å². The lowest BCUT2D eigenvalue weighted by Gasteiger charge is -2.19. The first-order chi connectivity index (χ1) is 12.2. The Kier molecular flexibility index (Phi) is 3.88. The van der Waals surface area contributed by atoms with E-state index in [1.807, 2.05) is 49.5 Å². The maximum Gasteiger partial charge on any atom is 0.261 e. The molecule has 0 saturated carbocycles. The summed E-state index contributed by atoms with van der Waals surface area (Å²) in [5.41, 5.74) is 5.57. The molecule has 4 heteroatoms. The zero-order chi connectivity index (χ0) is 17.4. The van der Waals surface area contributed by atoms with Gasteiger partial charge in [-0.05, 0) is 55.5 Å². The maximum absolute atomic E-state index is 12.9. The van der Waals surface area contributed by atoms with Crippen LogP contribution in [0.4, 0.5) is 0 Å². The Bertz CT molecular complexity index is 1050. The smallest absolute Gasteiger partial charge is 0.261 e. The second kappa shape index (κ2) is 6.20. The Balaban J connectivity index is 1.93. The van der Waals surface area contributed by atoms with E-state index < -0.39 is 0 Å². The Labute approximate surface area is 146 Å². The standard InChI is InChI=1S/C21H20N2O2/c1-14-10-11-19-22-20-16(12-15-6-3-4-9-18(15)25-2)7-5-8-17(20)21(24)23(19)13-14/h3-4,6,9-13H,5,7-8H2,1-2H3. The van der Waals surface area contributed by atoms with Gasteiger partial charge in [0.05, 0.1) is 12.8 Å². The van der Waals surface area contributed by atoms with Crippen molar-refractivity contribution in [3.05, 3.63) is 75.3 Å². The number of benzene rings is 1. The average Bonchev–Trinajstić information content (AvgIpc) is 2.64. The number of methoxy groups -OCH3 is 1. The fourth-order valence-electron chi connectivity index (χ4n) is 3.46. The summed E-state index contributed by atoms with van der Waals surface area (Å²) in [4.78, 5) is 17.7. The minimum absolute atomic E-state index is 0.0503. The van der Waals surface area contributed by atoms with Gasteiger partial charge in [-0.15, -0.1) is 0 Å². The third kappa shape index (κ3) is 2.74. The van der Waals surface area contributed by atoms with Crippen LogP contribution < -0.4 is 10.3 Å². The van der Waals surface area contributed by atoms with Crippen molar-refractivity contribution < 1.29 is 4.74 Å². The SMILES string of the molecule is COc1ccccc1C=C1CCCc2c1nc1ccc(C)cn1c2=O. The lowest BCUT2D eigenvalue weighted by Crippen LogP contribution is -2.24. The summed E-state index contributed by atoms with van der Waals surface area (Å²) in [5, 5.41) is 0. The molecule has 0 saturated heterocycles. The summed E-state index contributed by atoms with van der Waals surface area (Å²) < 4.78 is 7.12. The minimum atomic E-state index is 0.0503. The number of allylic oxidation sites excluding steroid dienone is 1. The van der Waals surface area contributed by atoms with Crippen LogP contribution in [0.15, 0.2) is 47.4 Å². The van der Waals surface area contributed by atoms with Crippen molar-refractivity contribution >= 4 is 17.3 Å². The van der Waals surface area contributed by atoms with Crippen LogP contribution in [-0.2, 0) is 6.42 Å². The van der Waals surface area contributed by atoms with Crippen molar-refractivity contribution in [1.29, 1.82) is 0 Å². The highest BCUT2D eigenvalue weighted by molar-refractivity contribution is 5.84. The summed E-state index contributed by atoms with van der Waals surface area (Å²) in [6, 6.07) is 11.8. The number of para-hydroxylation sites is 1. The quantitative estimate of drug-likeness (QED) is 0.715. The van der Waals surface area contributed by atoms with Gasteiger partial charge in [0, 0.05) is 17.3 Å². The Morgan fingerprint density at radius 1 is 1.16 bits per heavy atom. The monoisotopic (exact) mass is 332 g/mol. The van der Waals surface area contributed by atoms with Gasteiger partial charge in [-0.1, -0.05) is 24.3 Å². The molecule has 0 radical (unpaired) electrons. The predicted molar refractivity (Wildman–Crippen MR) is 100 cm³/mol. The van der Waals surface area contributed by atoms with Crippen LogP contribution in [0.2, 0.25) is 0 Å². The van der Waals surface area contributed by atoms with Crippen LogP contribution in [-0.4, -0.2) is 16.5 Å². The topological polar surface area (TPSA) is 43.6 Å². The van der Waals surface area contributed by atoms with Crippen molar-refractivity contribution in [2.75, 3.05) is 7.11 Å². The number of ether oxygens (including phenoxy) is 1. The van der Waals surface area contributed by atoms with Crippen LogP contribution in [0, 0.1) is 6.92 Å². The lowest BCUT2D eigenvalue weighted by atomic mass is 9.90. The normalized spacial score (nSPS) is 15.4. The Hall–Kier alpha value is -2.88. The molecular weight excluding hydrogens is 312 g/mol. The molecule has 4 rings (SSSR count). The van der Waals surface area contributed by atoms with E-state index in [0.29, 0.717) is 5.65 Å².